The summed E-state index contributed by atoms with van der Waals surface area (Å²) >= 11 is 0. The van der Waals surface area contributed by atoms with Gasteiger partial charge in [-0.15, -0.1) is 12.4 Å². The molecular formula is C10H16ClN. The molecule has 0 bridgehead atoms. The summed E-state index contributed by atoms with van der Waals surface area (Å²) in [6.45, 7) is 4.48. The molecule has 0 aromatic carbocycles. The van der Waals surface area contributed by atoms with Gasteiger partial charge in [-0.25, -0.2) is 0 Å². The second kappa shape index (κ2) is 6.01. The smallest absolute Gasteiger partial charge is 0.0403 e. The van der Waals surface area contributed by atoms with E-state index in [9.17, 15) is 0 Å². The number of nitrogens with zero attached hydrogens (tertiary/aromatic N) is 1. The van der Waals surface area contributed by atoms with Crippen LogP contribution in [0.15, 0.2) is 24.4 Å². The third-order valence-corrected chi connectivity index (χ3v) is 1.70. The molecule has 1 rings (SSSR count). The third-order valence-electron chi connectivity index (χ3n) is 1.70. The van der Waals surface area contributed by atoms with Crippen molar-refractivity contribution in [3.63, 3.8) is 0 Å². The van der Waals surface area contributed by atoms with Crippen LogP contribution in [0.3, 0.4) is 0 Å². The van der Waals surface area contributed by atoms with E-state index in [1.54, 1.807) is 0 Å². The standard InChI is InChI=1S/C10H15N.ClH/c1-9(2)6-7-10-5-3-4-8-11-10;/h3-5,8-9H,6-7H2,1-2H3;1H. The van der Waals surface area contributed by atoms with Crippen molar-refractivity contribution >= 4 is 12.4 Å². The van der Waals surface area contributed by atoms with E-state index in [2.05, 4.69) is 24.9 Å². The minimum Gasteiger partial charge on any atom is -0.261 e. The zero-order chi connectivity index (χ0) is 8.10. The maximum atomic E-state index is 4.25. The van der Waals surface area contributed by atoms with Crippen LogP contribution in [-0.2, 0) is 6.42 Å². The number of aromatic nitrogens is 1. The molecule has 0 N–H and O–H groups in total. The normalized spacial score (nSPS) is 9.58. The first-order valence-electron chi connectivity index (χ1n) is 4.19. The monoisotopic (exact) mass is 185 g/mol. The first-order chi connectivity index (χ1) is 5.29. The molecule has 0 aliphatic rings. The van der Waals surface area contributed by atoms with E-state index >= 15 is 0 Å². The van der Waals surface area contributed by atoms with E-state index in [1.807, 2.05) is 18.3 Å². The fraction of sp³-hybridized carbons (Fsp3) is 0.500. The number of halogens is 1. The van der Waals surface area contributed by atoms with E-state index in [1.165, 1.54) is 12.1 Å². The minimum atomic E-state index is 0. The Kier molecular flexibility index (Phi) is 5.73. The largest absolute Gasteiger partial charge is 0.261 e. The van der Waals surface area contributed by atoms with Crippen molar-refractivity contribution in [2.45, 2.75) is 26.7 Å². The first kappa shape index (κ1) is 11.4. The SMILES string of the molecule is CC(C)CCc1ccccn1.Cl. The van der Waals surface area contributed by atoms with Gasteiger partial charge in [-0.1, -0.05) is 19.9 Å². The summed E-state index contributed by atoms with van der Waals surface area (Å²) in [5.74, 6) is 0.775. The second-order valence-corrected chi connectivity index (χ2v) is 3.25. The Hall–Kier alpha value is -0.560. The van der Waals surface area contributed by atoms with E-state index in [4.69, 9.17) is 0 Å². The van der Waals surface area contributed by atoms with E-state index in [-0.39, 0.29) is 12.4 Å². The molecule has 0 atom stereocenters. The summed E-state index contributed by atoms with van der Waals surface area (Å²) < 4.78 is 0. The van der Waals surface area contributed by atoms with Gasteiger partial charge >= 0.3 is 0 Å². The van der Waals surface area contributed by atoms with Crippen molar-refractivity contribution in [1.82, 2.24) is 4.98 Å². The second-order valence-electron chi connectivity index (χ2n) is 3.25. The van der Waals surface area contributed by atoms with Crippen molar-refractivity contribution in [3.8, 4) is 0 Å². The summed E-state index contributed by atoms with van der Waals surface area (Å²) in [6.07, 6.45) is 4.20. The quantitative estimate of drug-likeness (QED) is 0.706. The molecule has 1 nitrogen and oxygen atoms in total. The molecule has 0 aliphatic heterocycles. The molecule has 1 aromatic heterocycles. The fourth-order valence-electron chi connectivity index (χ4n) is 0.983. The lowest BCUT2D eigenvalue weighted by atomic mass is 10.1. The topological polar surface area (TPSA) is 12.9 Å². The Labute approximate surface area is 80.6 Å². The number of hydrogen-bond acceptors (Lipinski definition) is 1. The van der Waals surface area contributed by atoms with Gasteiger partial charge in [0.2, 0.25) is 0 Å². The van der Waals surface area contributed by atoms with Gasteiger partial charge in [-0.3, -0.25) is 4.98 Å². The third kappa shape index (κ3) is 4.35. The summed E-state index contributed by atoms with van der Waals surface area (Å²) in [5, 5.41) is 0. The number of aryl methyl sites for hydroxylation is 1. The highest BCUT2D eigenvalue weighted by atomic mass is 35.5. The molecule has 0 saturated carbocycles. The summed E-state index contributed by atoms with van der Waals surface area (Å²) in [7, 11) is 0. The van der Waals surface area contributed by atoms with Gasteiger partial charge in [0.25, 0.3) is 0 Å². The minimum absolute atomic E-state index is 0. The lowest BCUT2D eigenvalue weighted by Crippen LogP contribution is -1.93. The van der Waals surface area contributed by atoms with Crippen LogP contribution in [0, 0.1) is 5.92 Å². The molecule has 0 spiro atoms. The molecule has 0 radical (unpaired) electrons. The van der Waals surface area contributed by atoms with Gasteiger partial charge in [0.05, 0.1) is 0 Å². The summed E-state index contributed by atoms with van der Waals surface area (Å²) in [6, 6.07) is 6.09. The Morgan fingerprint density at radius 1 is 1.33 bits per heavy atom. The van der Waals surface area contributed by atoms with Crippen LogP contribution in [0.5, 0.6) is 0 Å². The molecular weight excluding hydrogens is 170 g/mol. The molecule has 0 fully saturated rings. The zero-order valence-corrected chi connectivity index (χ0v) is 8.47. The van der Waals surface area contributed by atoms with Gasteiger partial charge < -0.3 is 0 Å². The fourth-order valence-corrected chi connectivity index (χ4v) is 0.983. The predicted octanol–water partition coefficient (Wildman–Crippen LogP) is 3.09. The van der Waals surface area contributed by atoms with E-state index in [0.717, 1.165) is 12.3 Å². The Morgan fingerprint density at radius 2 is 2.08 bits per heavy atom. The molecule has 1 heterocycles. The van der Waals surface area contributed by atoms with Crippen LogP contribution < -0.4 is 0 Å². The van der Waals surface area contributed by atoms with Crippen molar-refractivity contribution in [3.05, 3.63) is 30.1 Å². The van der Waals surface area contributed by atoms with Crippen molar-refractivity contribution in [2.75, 3.05) is 0 Å². The average Bonchev–Trinajstić information content (AvgIpc) is 2.03. The van der Waals surface area contributed by atoms with E-state index in [0.29, 0.717) is 0 Å². The molecule has 2 heteroatoms. The highest BCUT2D eigenvalue weighted by molar-refractivity contribution is 5.85. The lowest BCUT2D eigenvalue weighted by molar-refractivity contribution is 0.581. The van der Waals surface area contributed by atoms with Crippen LogP contribution in [-0.4, -0.2) is 4.98 Å². The molecule has 68 valence electrons. The lowest BCUT2D eigenvalue weighted by Gasteiger charge is -2.02. The Morgan fingerprint density at radius 3 is 2.58 bits per heavy atom. The number of hydrogen-bond donors (Lipinski definition) is 0. The van der Waals surface area contributed by atoms with Crippen molar-refractivity contribution in [2.24, 2.45) is 5.92 Å². The maximum Gasteiger partial charge on any atom is 0.0403 e. The molecule has 0 amide bonds. The van der Waals surface area contributed by atoms with Crippen molar-refractivity contribution in [1.29, 1.82) is 0 Å². The molecule has 0 saturated heterocycles. The predicted molar refractivity (Wildman–Crippen MR) is 54.6 cm³/mol. The Balaban J connectivity index is 0.00000121. The molecule has 0 aliphatic carbocycles. The molecule has 1 aromatic rings. The van der Waals surface area contributed by atoms with E-state index < -0.39 is 0 Å². The summed E-state index contributed by atoms with van der Waals surface area (Å²) in [5.41, 5.74) is 1.21. The zero-order valence-electron chi connectivity index (χ0n) is 7.66. The van der Waals surface area contributed by atoms with Gasteiger partial charge in [-0.2, -0.15) is 0 Å². The van der Waals surface area contributed by atoms with Crippen LogP contribution >= 0.6 is 12.4 Å². The Bertz CT molecular complexity index is 196. The highest BCUT2D eigenvalue weighted by Gasteiger charge is 1.95. The van der Waals surface area contributed by atoms with Gasteiger partial charge in [0.1, 0.15) is 0 Å². The van der Waals surface area contributed by atoms with Crippen LogP contribution in [0.25, 0.3) is 0 Å². The average molecular weight is 186 g/mol. The highest BCUT2D eigenvalue weighted by Crippen LogP contribution is 2.05. The molecule has 12 heavy (non-hydrogen) atoms. The van der Waals surface area contributed by atoms with Crippen LogP contribution in [0.1, 0.15) is 26.0 Å². The number of pyridine rings is 1. The maximum absolute atomic E-state index is 4.25. The van der Waals surface area contributed by atoms with Gasteiger partial charge in [0, 0.05) is 11.9 Å². The van der Waals surface area contributed by atoms with Gasteiger partial charge in [-0.05, 0) is 30.9 Å². The first-order valence-corrected chi connectivity index (χ1v) is 4.19. The van der Waals surface area contributed by atoms with Crippen LogP contribution in [0.4, 0.5) is 0 Å². The summed E-state index contributed by atoms with van der Waals surface area (Å²) in [4.78, 5) is 4.25. The number of rotatable bonds is 3. The van der Waals surface area contributed by atoms with Crippen molar-refractivity contribution < 1.29 is 0 Å². The molecule has 0 unspecified atom stereocenters. The van der Waals surface area contributed by atoms with Crippen LogP contribution in [0.2, 0.25) is 0 Å². The van der Waals surface area contributed by atoms with Gasteiger partial charge in [0.15, 0.2) is 0 Å².